The minimum atomic E-state index is -1.65. The Bertz CT molecular complexity index is 570. The van der Waals surface area contributed by atoms with Gasteiger partial charge in [0, 0.05) is 26.1 Å². The van der Waals surface area contributed by atoms with Gasteiger partial charge in [0.25, 0.3) is 5.91 Å². The number of amides is 2. The number of carbonyl (C=O) groups excluding carboxylic acids is 2. The van der Waals surface area contributed by atoms with E-state index in [1.807, 2.05) is 0 Å². The lowest BCUT2D eigenvalue weighted by atomic mass is 9.95. The van der Waals surface area contributed by atoms with Gasteiger partial charge in [-0.2, -0.15) is 0 Å². The van der Waals surface area contributed by atoms with Crippen LogP contribution in [0.5, 0.6) is 0 Å². The molecule has 21 heavy (non-hydrogen) atoms. The average Bonchev–Trinajstić information content (AvgIpc) is 2.51. The predicted octanol–water partition coefficient (Wildman–Crippen LogP) is 1.70. The van der Waals surface area contributed by atoms with E-state index >= 15 is 0 Å². The van der Waals surface area contributed by atoms with Crippen LogP contribution in [-0.2, 0) is 4.79 Å². The van der Waals surface area contributed by atoms with Crippen LogP contribution in [0.25, 0.3) is 0 Å². The van der Waals surface area contributed by atoms with Crippen molar-refractivity contribution in [1.82, 2.24) is 10.2 Å². The van der Waals surface area contributed by atoms with Crippen LogP contribution in [0.2, 0.25) is 0 Å². The van der Waals surface area contributed by atoms with Gasteiger partial charge in [0.1, 0.15) is 0 Å². The number of nitrogens with one attached hydrogen (secondary N) is 1. The molecule has 1 aliphatic rings. The molecular weight excluding hydrogens is 285 g/mol. The van der Waals surface area contributed by atoms with Crippen molar-refractivity contribution in [3.63, 3.8) is 0 Å². The summed E-state index contributed by atoms with van der Waals surface area (Å²) in [6, 6.07) is 1.66. The smallest absolute Gasteiger partial charge is 0.256 e. The normalized spacial score (nSPS) is 15.9. The van der Waals surface area contributed by atoms with Crippen LogP contribution < -0.4 is 5.32 Å². The van der Waals surface area contributed by atoms with Gasteiger partial charge < -0.3 is 10.2 Å². The van der Waals surface area contributed by atoms with Crippen LogP contribution in [0.4, 0.5) is 13.2 Å². The molecule has 1 saturated heterocycles. The number of hydrogen-bond acceptors (Lipinski definition) is 2. The zero-order valence-electron chi connectivity index (χ0n) is 11.5. The second kappa shape index (κ2) is 6.15. The third kappa shape index (κ3) is 3.01. The second-order valence-corrected chi connectivity index (χ2v) is 4.90. The number of nitrogens with zero attached hydrogens (tertiary/aromatic N) is 1. The summed E-state index contributed by atoms with van der Waals surface area (Å²) in [5.74, 6) is -5.44. The van der Waals surface area contributed by atoms with E-state index in [4.69, 9.17) is 0 Å². The largest absolute Gasteiger partial charge is 0.359 e. The number of carbonyl (C=O) groups is 2. The molecule has 4 nitrogen and oxygen atoms in total. The van der Waals surface area contributed by atoms with Crippen molar-refractivity contribution in [2.75, 3.05) is 20.1 Å². The Morgan fingerprint density at radius 1 is 1.14 bits per heavy atom. The van der Waals surface area contributed by atoms with Gasteiger partial charge in [0.05, 0.1) is 5.56 Å². The maximum atomic E-state index is 13.6. The fraction of sp³-hybridized carbons (Fsp3) is 0.429. The van der Waals surface area contributed by atoms with Crippen LogP contribution in [0, 0.1) is 23.4 Å². The van der Waals surface area contributed by atoms with Gasteiger partial charge in [0.15, 0.2) is 17.5 Å². The Labute approximate surface area is 119 Å². The van der Waals surface area contributed by atoms with Crippen molar-refractivity contribution >= 4 is 11.8 Å². The van der Waals surface area contributed by atoms with Crippen molar-refractivity contribution in [2.24, 2.45) is 5.92 Å². The monoisotopic (exact) mass is 300 g/mol. The van der Waals surface area contributed by atoms with Crippen LogP contribution in [-0.4, -0.2) is 36.9 Å². The van der Waals surface area contributed by atoms with Crippen LogP contribution in [0.3, 0.4) is 0 Å². The average molecular weight is 300 g/mol. The summed E-state index contributed by atoms with van der Waals surface area (Å²) in [7, 11) is 1.54. The summed E-state index contributed by atoms with van der Waals surface area (Å²) in [5.41, 5.74) is -0.493. The summed E-state index contributed by atoms with van der Waals surface area (Å²) < 4.78 is 39.6. The Hall–Kier alpha value is -2.05. The molecule has 0 aromatic heterocycles. The summed E-state index contributed by atoms with van der Waals surface area (Å²) in [4.78, 5) is 25.0. The summed E-state index contributed by atoms with van der Waals surface area (Å²) in [5, 5.41) is 2.54. The minimum Gasteiger partial charge on any atom is -0.359 e. The van der Waals surface area contributed by atoms with E-state index in [1.54, 1.807) is 0 Å². The molecule has 1 N–H and O–H groups in total. The maximum absolute atomic E-state index is 13.6. The zero-order chi connectivity index (χ0) is 15.6. The first-order valence-corrected chi connectivity index (χ1v) is 6.60. The standard InChI is InChI=1S/C14H15F3N2O2/c1-18-13(20)8-4-6-19(7-5-8)14(21)9-2-3-10(15)12(17)11(9)16/h2-3,8H,4-7H2,1H3,(H,18,20). The summed E-state index contributed by atoms with van der Waals surface area (Å²) >= 11 is 0. The van der Waals surface area contributed by atoms with E-state index in [2.05, 4.69) is 5.32 Å². The highest BCUT2D eigenvalue weighted by Gasteiger charge is 2.29. The molecule has 0 saturated carbocycles. The molecule has 1 aromatic rings. The molecule has 2 rings (SSSR count). The fourth-order valence-corrected chi connectivity index (χ4v) is 2.41. The molecular formula is C14H15F3N2O2. The number of rotatable bonds is 2. The number of halogens is 3. The summed E-state index contributed by atoms with van der Waals surface area (Å²) in [6.45, 7) is 0.546. The van der Waals surface area contributed by atoms with Crippen LogP contribution in [0.15, 0.2) is 12.1 Å². The molecule has 1 aromatic carbocycles. The lowest BCUT2D eigenvalue weighted by Gasteiger charge is -2.31. The van der Waals surface area contributed by atoms with E-state index in [9.17, 15) is 22.8 Å². The Morgan fingerprint density at radius 3 is 2.33 bits per heavy atom. The van der Waals surface area contributed by atoms with E-state index in [-0.39, 0.29) is 24.9 Å². The molecule has 2 amide bonds. The van der Waals surface area contributed by atoms with Crippen LogP contribution >= 0.6 is 0 Å². The van der Waals surface area contributed by atoms with Gasteiger partial charge in [-0.15, -0.1) is 0 Å². The Kier molecular flexibility index (Phi) is 4.50. The molecule has 1 fully saturated rings. The van der Waals surface area contributed by atoms with E-state index in [0.29, 0.717) is 12.8 Å². The third-order valence-electron chi connectivity index (χ3n) is 3.66. The zero-order valence-corrected chi connectivity index (χ0v) is 11.5. The van der Waals surface area contributed by atoms with Gasteiger partial charge in [-0.25, -0.2) is 13.2 Å². The molecule has 7 heteroatoms. The maximum Gasteiger partial charge on any atom is 0.256 e. The topological polar surface area (TPSA) is 49.4 Å². The van der Waals surface area contributed by atoms with Crippen molar-refractivity contribution in [1.29, 1.82) is 0 Å². The van der Waals surface area contributed by atoms with Crippen molar-refractivity contribution in [3.8, 4) is 0 Å². The number of benzene rings is 1. The fourth-order valence-electron chi connectivity index (χ4n) is 2.41. The van der Waals surface area contributed by atoms with E-state index in [1.165, 1.54) is 11.9 Å². The van der Waals surface area contributed by atoms with Crippen molar-refractivity contribution in [2.45, 2.75) is 12.8 Å². The molecule has 0 bridgehead atoms. The molecule has 1 aliphatic heterocycles. The highest BCUT2D eigenvalue weighted by Crippen LogP contribution is 2.22. The van der Waals surface area contributed by atoms with Crippen molar-refractivity contribution in [3.05, 3.63) is 35.1 Å². The molecule has 1 heterocycles. The lowest BCUT2D eigenvalue weighted by Crippen LogP contribution is -2.42. The molecule has 0 atom stereocenters. The first-order chi connectivity index (χ1) is 9.95. The third-order valence-corrected chi connectivity index (χ3v) is 3.66. The number of hydrogen-bond donors (Lipinski definition) is 1. The molecule has 114 valence electrons. The van der Waals surface area contributed by atoms with Gasteiger partial charge >= 0.3 is 0 Å². The van der Waals surface area contributed by atoms with Gasteiger partial charge in [0.2, 0.25) is 5.91 Å². The number of piperidine rings is 1. The molecule has 0 unspecified atom stereocenters. The van der Waals surface area contributed by atoms with E-state index in [0.717, 1.165) is 12.1 Å². The number of likely N-dealkylation sites (tertiary alicyclic amines) is 1. The Morgan fingerprint density at radius 2 is 1.76 bits per heavy atom. The second-order valence-electron chi connectivity index (χ2n) is 4.90. The molecule has 0 aliphatic carbocycles. The van der Waals surface area contributed by atoms with Crippen LogP contribution in [0.1, 0.15) is 23.2 Å². The quantitative estimate of drug-likeness (QED) is 0.845. The van der Waals surface area contributed by atoms with Gasteiger partial charge in [-0.1, -0.05) is 0 Å². The molecule has 0 radical (unpaired) electrons. The van der Waals surface area contributed by atoms with Crippen molar-refractivity contribution < 1.29 is 22.8 Å². The van der Waals surface area contributed by atoms with Gasteiger partial charge in [-0.3, -0.25) is 9.59 Å². The van der Waals surface area contributed by atoms with E-state index < -0.39 is 28.9 Å². The Balaban J connectivity index is 2.09. The summed E-state index contributed by atoms with van der Waals surface area (Å²) in [6.07, 6.45) is 0.910. The first kappa shape index (κ1) is 15.3. The SMILES string of the molecule is CNC(=O)C1CCN(C(=O)c2ccc(F)c(F)c2F)CC1. The predicted molar refractivity (Wildman–Crippen MR) is 69.0 cm³/mol. The minimum absolute atomic E-state index is 0.0962. The first-order valence-electron chi connectivity index (χ1n) is 6.60. The highest BCUT2D eigenvalue weighted by atomic mass is 19.2. The molecule has 0 spiro atoms. The highest BCUT2D eigenvalue weighted by molar-refractivity contribution is 5.94. The lowest BCUT2D eigenvalue weighted by molar-refractivity contribution is -0.125. The van der Waals surface area contributed by atoms with Gasteiger partial charge in [-0.05, 0) is 25.0 Å².